The van der Waals surface area contributed by atoms with Gasteiger partial charge in [0, 0.05) is 31.2 Å². The molecule has 3 rings (SSSR count). The Morgan fingerprint density at radius 1 is 1.35 bits per heavy atom. The largest absolute Gasteiger partial charge is 0.348 e. The zero-order valence-electron chi connectivity index (χ0n) is 15.8. The third kappa shape index (κ3) is 4.56. The lowest BCUT2D eigenvalue weighted by molar-refractivity contribution is -0.130. The summed E-state index contributed by atoms with van der Waals surface area (Å²) in [6.07, 6.45) is 5.12. The Kier molecular flexibility index (Phi) is 5.83. The number of aryl methyl sites for hydroxylation is 2. The summed E-state index contributed by atoms with van der Waals surface area (Å²) in [5.74, 6) is 1.60. The Labute approximate surface area is 158 Å². The van der Waals surface area contributed by atoms with Gasteiger partial charge in [0.15, 0.2) is 5.13 Å². The van der Waals surface area contributed by atoms with Gasteiger partial charge in [0.25, 0.3) is 0 Å². The van der Waals surface area contributed by atoms with E-state index in [-0.39, 0.29) is 11.9 Å². The molecular weight excluding hydrogens is 348 g/mol. The van der Waals surface area contributed by atoms with Gasteiger partial charge in [-0.15, -0.1) is 11.3 Å². The molecule has 26 heavy (non-hydrogen) atoms. The molecule has 140 valence electrons. The van der Waals surface area contributed by atoms with E-state index in [9.17, 15) is 4.79 Å². The monoisotopic (exact) mass is 374 g/mol. The predicted octanol–water partition coefficient (Wildman–Crippen LogP) is 2.91. The van der Waals surface area contributed by atoms with E-state index in [0.717, 1.165) is 53.2 Å². The van der Waals surface area contributed by atoms with Crippen LogP contribution in [0.1, 0.15) is 41.7 Å². The molecule has 2 aromatic heterocycles. The fraction of sp³-hybridized carbons (Fsp3) is 0.556. The molecule has 2 aromatic rings. The quantitative estimate of drug-likeness (QED) is 0.867. The number of likely N-dealkylation sites (N-methyl/N-ethyl adjacent to an activating group) is 1. The maximum atomic E-state index is 12.2. The third-order valence-electron chi connectivity index (χ3n) is 4.51. The molecule has 0 saturated carbocycles. The normalized spacial score (nSPS) is 17.9. The predicted molar refractivity (Wildman–Crippen MR) is 104 cm³/mol. The second kappa shape index (κ2) is 8.09. The molecule has 1 aliphatic rings. The van der Waals surface area contributed by atoms with Crippen LogP contribution in [0, 0.1) is 13.8 Å². The number of amides is 1. The Hall–Kier alpha value is -2.06. The molecule has 1 amide bonds. The van der Waals surface area contributed by atoms with Crippen molar-refractivity contribution >= 4 is 28.2 Å². The zero-order chi connectivity index (χ0) is 18.7. The van der Waals surface area contributed by atoms with Gasteiger partial charge in [-0.2, -0.15) is 0 Å². The highest BCUT2D eigenvalue weighted by molar-refractivity contribution is 7.15. The molecule has 8 heteroatoms. The van der Waals surface area contributed by atoms with Gasteiger partial charge in [0.2, 0.25) is 5.91 Å². The van der Waals surface area contributed by atoms with Gasteiger partial charge in [-0.25, -0.2) is 15.0 Å². The van der Waals surface area contributed by atoms with E-state index in [4.69, 9.17) is 0 Å². The van der Waals surface area contributed by atoms with Crippen molar-refractivity contribution in [1.82, 2.24) is 24.8 Å². The molecule has 1 aliphatic heterocycles. The summed E-state index contributed by atoms with van der Waals surface area (Å²) in [5.41, 5.74) is 0.972. The van der Waals surface area contributed by atoms with Gasteiger partial charge in [0.1, 0.15) is 11.6 Å². The van der Waals surface area contributed by atoms with Crippen molar-refractivity contribution in [3.63, 3.8) is 0 Å². The zero-order valence-corrected chi connectivity index (χ0v) is 16.6. The first kappa shape index (κ1) is 18.7. The average Bonchev–Trinajstić information content (AvgIpc) is 2.99. The molecule has 0 spiro atoms. The van der Waals surface area contributed by atoms with E-state index >= 15 is 0 Å². The average molecular weight is 375 g/mol. The summed E-state index contributed by atoms with van der Waals surface area (Å²) in [5, 5.41) is 4.11. The lowest BCUT2D eigenvalue weighted by atomic mass is 9.99. The SMILES string of the molecule is Cc1nc(Nc2ncc(C)s2)cc([C@@H]2CCCCN2CC(=O)N(C)C)n1. The van der Waals surface area contributed by atoms with Crippen molar-refractivity contribution in [2.75, 3.05) is 32.5 Å². The highest BCUT2D eigenvalue weighted by Crippen LogP contribution is 2.31. The molecule has 0 radical (unpaired) electrons. The number of nitrogens with one attached hydrogen (secondary N) is 1. The lowest BCUT2D eigenvalue weighted by Gasteiger charge is -2.35. The third-order valence-corrected chi connectivity index (χ3v) is 5.33. The van der Waals surface area contributed by atoms with Crippen LogP contribution in [0.2, 0.25) is 0 Å². The minimum Gasteiger partial charge on any atom is -0.348 e. The van der Waals surface area contributed by atoms with Crippen LogP contribution in [0.25, 0.3) is 0 Å². The van der Waals surface area contributed by atoms with Gasteiger partial charge >= 0.3 is 0 Å². The highest BCUT2D eigenvalue weighted by Gasteiger charge is 2.27. The van der Waals surface area contributed by atoms with Crippen molar-refractivity contribution in [2.24, 2.45) is 0 Å². The van der Waals surface area contributed by atoms with Gasteiger partial charge in [-0.05, 0) is 33.2 Å². The fourth-order valence-corrected chi connectivity index (χ4v) is 3.85. The highest BCUT2D eigenvalue weighted by atomic mass is 32.1. The standard InChI is InChI=1S/C18H26N6OS/c1-12-10-19-18(26-12)22-16-9-14(20-13(2)21-16)15-7-5-6-8-24(15)11-17(25)23(3)4/h9-10,15H,5-8,11H2,1-4H3,(H,19,20,21,22)/t15-/m0/s1. The molecular formula is C18H26N6OS. The summed E-state index contributed by atoms with van der Waals surface area (Å²) in [7, 11) is 3.60. The summed E-state index contributed by atoms with van der Waals surface area (Å²) in [6, 6.07) is 2.14. The van der Waals surface area contributed by atoms with Crippen molar-refractivity contribution in [1.29, 1.82) is 0 Å². The molecule has 0 bridgehead atoms. The van der Waals surface area contributed by atoms with E-state index in [0.29, 0.717) is 6.54 Å². The van der Waals surface area contributed by atoms with E-state index in [2.05, 4.69) is 25.2 Å². The second-order valence-corrected chi connectivity index (χ2v) is 8.13. The smallest absolute Gasteiger partial charge is 0.236 e. The van der Waals surface area contributed by atoms with Gasteiger partial charge in [0.05, 0.1) is 18.3 Å². The van der Waals surface area contributed by atoms with Crippen LogP contribution >= 0.6 is 11.3 Å². The van der Waals surface area contributed by atoms with Crippen LogP contribution in [0.5, 0.6) is 0 Å². The number of aromatic nitrogens is 3. The fourth-order valence-electron chi connectivity index (χ4n) is 3.18. The molecule has 0 aliphatic carbocycles. The Bertz CT molecular complexity index is 775. The maximum Gasteiger partial charge on any atom is 0.236 e. The van der Waals surface area contributed by atoms with Gasteiger partial charge < -0.3 is 10.2 Å². The van der Waals surface area contributed by atoms with Crippen LogP contribution < -0.4 is 5.32 Å². The summed E-state index contributed by atoms with van der Waals surface area (Å²) in [4.78, 5) is 30.8. The van der Waals surface area contributed by atoms with Crippen LogP contribution in [0.15, 0.2) is 12.3 Å². The second-order valence-electron chi connectivity index (χ2n) is 6.90. The van der Waals surface area contributed by atoms with E-state index in [1.54, 1.807) is 30.3 Å². The number of hydrogen-bond donors (Lipinski definition) is 1. The summed E-state index contributed by atoms with van der Waals surface area (Å²) >= 11 is 1.60. The number of rotatable bonds is 5. The summed E-state index contributed by atoms with van der Waals surface area (Å²) in [6.45, 7) is 5.28. The van der Waals surface area contributed by atoms with Crippen molar-refractivity contribution < 1.29 is 4.79 Å². The van der Waals surface area contributed by atoms with Crippen LogP contribution in [0.4, 0.5) is 10.9 Å². The number of hydrogen-bond acceptors (Lipinski definition) is 7. The number of likely N-dealkylation sites (tertiary alicyclic amines) is 1. The van der Waals surface area contributed by atoms with Crippen LogP contribution in [-0.2, 0) is 4.79 Å². The Morgan fingerprint density at radius 2 is 2.15 bits per heavy atom. The van der Waals surface area contributed by atoms with Gasteiger partial charge in [-0.3, -0.25) is 9.69 Å². The lowest BCUT2D eigenvalue weighted by Crippen LogP contribution is -2.41. The molecule has 1 saturated heterocycles. The molecule has 1 atom stereocenters. The molecule has 7 nitrogen and oxygen atoms in total. The number of carbonyl (C=O) groups excluding carboxylic acids is 1. The minimum absolute atomic E-state index is 0.124. The van der Waals surface area contributed by atoms with Crippen LogP contribution in [0.3, 0.4) is 0 Å². The first-order valence-electron chi connectivity index (χ1n) is 8.91. The number of thiazole rings is 1. The van der Waals surface area contributed by atoms with Crippen molar-refractivity contribution in [3.8, 4) is 0 Å². The number of nitrogens with zero attached hydrogens (tertiary/aromatic N) is 5. The maximum absolute atomic E-state index is 12.2. The molecule has 0 aromatic carbocycles. The number of anilines is 2. The van der Waals surface area contributed by atoms with Gasteiger partial charge in [-0.1, -0.05) is 6.42 Å². The minimum atomic E-state index is 0.124. The van der Waals surface area contributed by atoms with Crippen molar-refractivity contribution in [3.05, 3.63) is 28.7 Å². The topological polar surface area (TPSA) is 74.2 Å². The Balaban J connectivity index is 1.82. The summed E-state index contributed by atoms with van der Waals surface area (Å²) < 4.78 is 0. The molecule has 0 unspecified atom stereocenters. The first-order valence-corrected chi connectivity index (χ1v) is 9.73. The molecule has 1 fully saturated rings. The van der Waals surface area contributed by atoms with E-state index in [1.807, 2.05) is 26.1 Å². The van der Waals surface area contributed by atoms with E-state index in [1.165, 1.54) is 0 Å². The number of carbonyl (C=O) groups is 1. The van der Waals surface area contributed by atoms with Crippen molar-refractivity contribution in [2.45, 2.75) is 39.2 Å². The van der Waals surface area contributed by atoms with Crippen LogP contribution in [-0.4, -0.2) is 57.8 Å². The Morgan fingerprint density at radius 3 is 2.85 bits per heavy atom. The first-order chi connectivity index (χ1) is 12.4. The molecule has 3 heterocycles. The van der Waals surface area contributed by atoms with E-state index < -0.39 is 0 Å². The molecule has 1 N–H and O–H groups in total. The number of piperidine rings is 1.